The second kappa shape index (κ2) is 4.47. The lowest BCUT2D eigenvalue weighted by atomic mass is 10.1. The molecule has 1 aromatic rings. The van der Waals surface area contributed by atoms with Crippen LogP contribution in [0.5, 0.6) is 5.88 Å². The summed E-state index contributed by atoms with van der Waals surface area (Å²) in [4.78, 5) is 14.8. The van der Waals surface area contributed by atoms with Crippen LogP contribution in [0.4, 0.5) is 0 Å². The first-order chi connectivity index (χ1) is 7.06. The maximum Gasteiger partial charge on any atom is 0.337 e. The quantitative estimate of drug-likeness (QED) is 0.758. The van der Waals surface area contributed by atoms with Crippen molar-refractivity contribution in [2.24, 2.45) is 0 Å². The zero-order valence-electron chi connectivity index (χ0n) is 8.57. The van der Waals surface area contributed by atoms with Crippen molar-refractivity contribution in [3.8, 4) is 18.2 Å². The Morgan fingerprint density at radius 1 is 1.67 bits per heavy atom. The predicted octanol–water partition coefficient (Wildman–Crippen LogP) is 1.41. The zero-order valence-corrected chi connectivity index (χ0v) is 8.57. The second-order valence-electron chi connectivity index (χ2n) is 3.04. The van der Waals surface area contributed by atoms with Crippen molar-refractivity contribution in [1.29, 1.82) is 0 Å². The van der Waals surface area contributed by atoms with E-state index < -0.39 is 5.97 Å². The monoisotopic (exact) mass is 205 g/mol. The molecule has 0 aliphatic heterocycles. The number of hydrogen-bond acceptors (Lipinski definition) is 3. The van der Waals surface area contributed by atoms with Gasteiger partial charge >= 0.3 is 5.97 Å². The van der Waals surface area contributed by atoms with E-state index in [1.807, 2.05) is 0 Å². The summed E-state index contributed by atoms with van der Waals surface area (Å²) >= 11 is 0. The minimum Gasteiger partial charge on any atom is -0.478 e. The predicted molar refractivity (Wildman–Crippen MR) is 55.0 cm³/mol. The van der Waals surface area contributed by atoms with Gasteiger partial charge in [0.05, 0.1) is 11.3 Å². The Morgan fingerprint density at radius 2 is 2.33 bits per heavy atom. The molecule has 0 unspecified atom stereocenters. The van der Waals surface area contributed by atoms with Crippen LogP contribution >= 0.6 is 0 Å². The van der Waals surface area contributed by atoms with Gasteiger partial charge in [-0.1, -0.05) is 5.92 Å². The summed E-state index contributed by atoms with van der Waals surface area (Å²) in [6.45, 7) is 3.44. The summed E-state index contributed by atoms with van der Waals surface area (Å²) in [5, 5.41) is 8.90. The lowest BCUT2D eigenvalue weighted by Gasteiger charge is -2.07. The molecule has 4 nitrogen and oxygen atoms in total. The fraction of sp³-hybridized carbons (Fsp3) is 0.273. The number of aromatic carboxylic acids is 1. The van der Waals surface area contributed by atoms with Gasteiger partial charge in [0.25, 0.3) is 0 Å². The molecule has 0 saturated carbocycles. The zero-order chi connectivity index (χ0) is 11.4. The van der Waals surface area contributed by atoms with Crippen molar-refractivity contribution in [1.82, 2.24) is 4.98 Å². The van der Waals surface area contributed by atoms with E-state index in [0.29, 0.717) is 17.1 Å². The minimum absolute atomic E-state index is 0.123. The summed E-state index contributed by atoms with van der Waals surface area (Å²) in [5.74, 6) is 1.68. The molecule has 0 aromatic carbocycles. The lowest BCUT2D eigenvalue weighted by molar-refractivity contribution is 0.0694. The Morgan fingerprint density at radius 3 is 2.80 bits per heavy atom. The molecule has 0 radical (unpaired) electrons. The number of rotatable bonds is 3. The van der Waals surface area contributed by atoms with Gasteiger partial charge in [-0.3, -0.25) is 0 Å². The number of terminal acetylenes is 1. The van der Waals surface area contributed by atoms with E-state index in [4.69, 9.17) is 16.3 Å². The van der Waals surface area contributed by atoms with Crippen LogP contribution in [0, 0.1) is 26.2 Å². The van der Waals surface area contributed by atoms with Gasteiger partial charge in [-0.2, -0.15) is 0 Å². The van der Waals surface area contributed by atoms with Gasteiger partial charge in [0.2, 0.25) is 5.88 Å². The third-order valence-corrected chi connectivity index (χ3v) is 1.89. The van der Waals surface area contributed by atoms with Gasteiger partial charge < -0.3 is 9.84 Å². The molecule has 0 spiro atoms. The van der Waals surface area contributed by atoms with Crippen molar-refractivity contribution in [3.05, 3.63) is 22.9 Å². The molecule has 1 aromatic heterocycles. The number of carbonyl (C=O) groups is 1. The summed E-state index contributed by atoms with van der Waals surface area (Å²) in [6.07, 6.45) is 5.03. The van der Waals surface area contributed by atoms with E-state index in [0.717, 1.165) is 0 Å². The highest BCUT2D eigenvalue weighted by molar-refractivity contribution is 5.90. The lowest BCUT2D eigenvalue weighted by Crippen LogP contribution is -2.07. The number of pyridine rings is 1. The topological polar surface area (TPSA) is 59.4 Å². The Kier molecular flexibility index (Phi) is 3.29. The highest BCUT2D eigenvalue weighted by Crippen LogP contribution is 2.17. The fourth-order valence-corrected chi connectivity index (χ4v) is 1.31. The van der Waals surface area contributed by atoms with Gasteiger partial charge in [-0.15, -0.1) is 6.42 Å². The van der Waals surface area contributed by atoms with E-state index in [9.17, 15) is 4.79 Å². The van der Waals surface area contributed by atoms with Crippen LogP contribution in [0.25, 0.3) is 0 Å². The smallest absolute Gasteiger partial charge is 0.337 e. The second-order valence-corrected chi connectivity index (χ2v) is 3.04. The molecule has 0 fully saturated rings. The molecular weight excluding hydrogens is 194 g/mol. The van der Waals surface area contributed by atoms with Gasteiger partial charge in [0, 0.05) is 6.07 Å². The standard InChI is InChI=1S/C11H11NO3/c1-4-5-15-9-6-7(2)10(11(13)14)8(3)12-9/h1,6H,5H2,2-3H3,(H,13,14). The van der Waals surface area contributed by atoms with Gasteiger partial charge in [0.15, 0.2) is 6.61 Å². The minimum atomic E-state index is -0.985. The first-order valence-electron chi connectivity index (χ1n) is 4.34. The molecule has 0 atom stereocenters. The molecule has 1 rings (SSSR count). The van der Waals surface area contributed by atoms with Gasteiger partial charge in [-0.25, -0.2) is 9.78 Å². The number of carboxylic acid groups (broad SMARTS) is 1. The molecule has 0 amide bonds. The Hall–Kier alpha value is -2.02. The number of aromatic nitrogens is 1. The molecule has 4 heteroatoms. The van der Waals surface area contributed by atoms with E-state index in [-0.39, 0.29) is 12.2 Å². The number of aryl methyl sites for hydroxylation is 2. The van der Waals surface area contributed by atoms with Crippen LogP contribution in [0.1, 0.15) is 21.6 Å². The van der Waals surface area contributed by atoms with Crippen LogP contribution in [-0.2, 0) is 0 Å². The van der Waals surface area contributed by atoms with Crippen LogP contribution in [0.15, 0.2) is 6.07 Å². The first kappa shape index (κ1) is 11.1. The van der Waals surface area contributed by atoms with E-state index in [2.05, 4.69) is 10.9 Å². The van der Waals surface area contributed by atoms with E-state index >= 15 is 0 Å². The molecule has 0 aliphatic carbocycles. The summed E-state index contributed by atoms with van der Waals surface area (Å²) in [6, 6.07) is 1.56. The third kappa shape index (κ3) is 2.47. The normalized spacial score (nSPS) is 9.40. The highest BCUT2D eigenvalue weighted by atomic mass is 16.5. The number of hydrogen-bond donors (Lipinski definition) is 1. The first-order valence-corrected chi connectivity index (χ1v) is 4.34. The molecule has 0 bridgehead atoms. The average Bonchev–Trinajstić information content (AvgIpc) is 2.12. The molecule has 1 heterocycles. The molecule has 0 saturated heterocycles. The maximum absolute atomic E-state index is 10.9. The van der Waals surface area contributed by atoms with E-state index in [1.165, 1.54) is 0 Å². The fourth-order valence-electron chi connectivity index (χ4n) is 1.31. The van der Waals surface area contributed by atoms with Crippen LogP contribution in [-0.4, -0.2) is 22.7 Å². The van der Waals surface area contributed by atoms with Crippen LogP contribution in [0.3, 0.4) is 0 Å². The number of ether oxygens (including phenoxy) is 1. The van der Waals surface area contributed by atoms with Crippen molar-refractivity contribution in [2.75, 3.05) is 6.61 Å². The van der Waals surface area contributed by atoms with Crippen LogP contribution in [0.2, 0.25) is 0 Å². The molecule has 0 aliphatic rings. The van der Waals surface area contributed by atoms with E-state index in [1.54, 1.807) is 19.9 Å². The highest BCUT2D eigenvalue weighted by Gasteiger charge is 2.13. The Labute approximate surface area is 87.9 Å². The molecular formula is C11H11NO3. The van der Waals surface area contributed by atoms with Gasteiger partial charge in [0.1, 0.15) is 0 Å². The Bertz CT molecular complexity index is 409. The molecule has 78 valence electrons. The van der Waals surface area contributed by atoms with Crippen LogP contribution < -0.4 is 4.74 Å². The van der Waals surface area contributed by atoms with Crippen molar-refractivity contribution >= 4 is 5.97 Å². The van der Waals surface area contributed by atoms with Gasteiger partial charge in [-0.05, 0) is 19.4 Å². The Balaban J connectivity index is 3.09. The molecule has 1 N–H and O–H groups in total. The summed E-state index contributed by atoms with van der Waals surface area (Å²) < 4.78 is 5.11. The number of nitrogens with zero attached hydrogens (tertiary/aromatic N) is 1. The SMILES string of the molecule is C#CCOc1cc(C)c(C(=O)O)c(C)n1. The largest absolute Gasteiger partial charge is 0.478 e. The van der Waals surface area contributed by atoms with Crippen molar-refractivity contribution < 1.29 is 14.6 Å². The van der Waals surface area contributed by atoms with Crippen molar-refractivity contribution in [3.63, 3.8) is 0 Å². The maximum atomic E-state index is 10.9. The average molecular weight is 205 g/mol. The number of carboxylic acids is 1. The summed E-state index contributed by atoms with van der Waals surface area (Å²) in [5.41, 5.74) is 1.25. The van der Waals surface area contributed by atoms with Crippen molar-refractivity contribution in [2.45, 2.75) is 13.8 Å². The molecule has 15 heavy (non-hydrogen) atoms. The summed E-state index contributed by atoms with van der Waals surface area (Å²) in [7, 11) is 0. The third-order valence-electron chi connectivity index (χ3n) is 1.89.